The van der Waals surface area contributed by atoms with Crippen LogP contribution in [0.1, 0.15) is 47.3 Å². The highest BCUT2D eigenvalue weighted by Crippen LogP contribution is 2.19. The van der Waals surface area contributed by atoms with Crippen LogP contribution in [0, 0.1) is 13.8 Å². The topological polar surface area (TPSA) is 87.3 Å². The van der Waals surface area contributed by atoms with Gasteiger partial charge < -0.3 is 16.0 Å². The van der Waals surface area contributed by atoms with Crippen molar-refractivity contribution in [3.05, 3.63) is 58.7 Å². The minimum atomic E-state index is -0.251. The Balaban J connectivity index is 1.99. The van der Waals surface area contributed by atoms with Gasteiger partial charge in [-0.15, -0.1) is 0 Å². The van der Waals surface area contributed by atoms with Crippen LogP contribution in [-0.4, -0.2) is 24.3 Å². The molecule has 0 radical (unpaired) electrons. The van der Waals surface area contributed by atoms with Gasteiger partial charge in [0.25, 0.3) is 5.91 Å². The number of benzene rings is 2. The maximum atomic E-state index is 12.5. The zero-order valence-electron chi connectivity index (χ0n) is 16.8. The lowest BCUT2D eigenvalue weighted by atomic mass is 10.0. The zero-order chi connectivity index (χ0) is 20.7. The summed E-state index contributed by atoms with van der Waals surface area (Å²) in [4.78, 5) is 35.2. The van der Waals surface area contributed by atoms with E-state index in [0.29, 0.717) is 23.5 Å². The van der Waals surface area contributed by atoms with E-state index in [1.807, 2.05) is 0 Å². The molecule has 2 rings (SSSR count). The van der Waals surface area contributed by atoms with Gasteiger partial charge in [-0.25, -0.2) is 0 Å². The Labute approximate surface area is 165 Å². The average Bonchev–Trinajstić information content (AvgIpc) is 2.58. The van der Waals surface area contributed by atoms with Gasteiger partial charge >= 0.3 is 0 Å². The molecule has 3 amide bonds. The van der Waals surface area contributed by atoms with E-state index in [4.69, 9.17) is 0 Å². The van der Waals surface area contributed by atoms with Crippen molar-refractivity contribution in [1.29, 1.82) is 0 Å². The Morgan fingerprint density at radius 2 is 1.46 bits per heavy atom. The Hall–Kier alpha value is -3.15. The summed E-state index contributed by atoms with van der Waals surface area (Å²) in [6.45, 7) is 7.47. The first-order valence-electron chi connectivity index (χ1n) is 9.29. The van der Waals surface area contributed by atoms with Crippen molar-refractivity contribution in [1.82, 2.24) is 5.32 Å². The summed E-state index contributed by atoms with van der Waals surface area (Å²) in [7, 11) is 0. The molecule has 0 aliphatic carbocycles. The van der Waals surface area contributed by atoms with Crippen LogP contribution >= 0.6 is 0 Å². The Bertz CT molecular complexity index is 856. The lowest BCUT2D eigenvalue weighted by Gasteiger charge is -2.11. The fourth-order valence-corrected chi connectivity index (χ4v) is 3.02. The van der Waals surface area contributed by atoms with E-state index in [9.17, 15) is 14.4 Å². The van der Waals surface area contributed by atoms with Gasteiger partial charge in [-0.1, -0.05) is 23.8 Å². The molecule has 0 fully saturated rings. The highest BCUT2D eigenvalue weighted by molar-refractivity contribution is 5.99. The molecule has 0 aliphatic heterocycles. The number of rotatable bonds is 7. The third-order valence-corrected chi connectivity index (χ3v) is 4.24. The Morgan fingerprint density at radius 1 is 0.857 bits per heavy atom. The molecular formula is C22H27N3O3. The second kappa shape index (κ2) is 9.69. The number of anilines is 2. The largest absolute Gasteiger partial charge is 0.352 e. The molecule has 3 N–H and O–H groups in total. The molecule has 0 atom stereocenters. The van der Waals surface area contributed by atoms with Crippen LogP contribution in [0.4, 0.5) is 11.4 Å². The fourth-order valence-electron chi connectivity index (χ4n) is 3.02. The lowest BCUT2D eigenvalue weighted by Crippen LogP contribution is -2.25. The summed E-state index contributed by atoms with van der Waals surface area (Å²) in [6, 6.07) is 11.2. The van der Waals surface area contributed by atoms with Gasteiger partial charge in [-0.2, -0.15) is 0 Å². The number of hydrogen-bond acceptors (Lipinski definition) is 3. The molecule has 148 valence electrons. The van der Waals surface area contributed by atoms with Crippen molar-refractivity contribution in [2.24, 2.45) is 0 Å². The van der Waals surface area contributed by atoms with E-state index in [0.717, 1.165) is 12.8 Å². The number of nitrogens with one attached hydrogen (secondary N) is 3. The van der Waals surface area contributed by atoms with Crippen LogP contribution in [0.3, 0.4) is 0 Å². The van der Waals surface area contributed by atoms with Crippen LogP contribution in [0.2, 0.25) is 0 Å². The van der Waals surface area contributed by atoms with E-state index in [1.54, 1.807) is 18.2 Å². The number of carbonyl (C=O) groups is 3. The maximum absolute atomic E-state index is 12.5. The van der Waals surface area contributed by atoms with Gasteiger partial charge in [0, 0.05) is 37.3 Å². The van der Waals surface area contributed by atoms with E-state index >= 15 is 0 Å². The molecule has 0 saturated heterocycles. The summed E-state index contributed by atoms with van der Waals surface area (Å²) in [5.74, 6) is -0.751. The molecule has 0 heterocycles. The third-order valence-electron chi connectivity index (χ3n) is 4.24. The second-order valence-electron chi connectivity index (χ2n) is 6.95. The maximum Gasteiger partial charge on any atom is 0.251 e. The monoisotopic (exact) mass is 381 g/mol. The van der Waals surface area contributed by atoms with E-state index in [-0.39, 0.29) is 17.7 Å². The average molecular weight is 381 g/mol. The zero-order valence-corrected chi connectivity index (χ0v) is 16.8. The van der Waals surface area contributed by atoms with Crippen molar-refractivity contribution >= 4 is 29.1 Å². The van der Waals surface area contributed by atoms with Crippen LogP contribution < -0.4 is 16.0 Å². The number of amides is 3. The van der Waals surface area contributed by atoms with Gasteiger partial charge in [-0.3, -0.25) is 14.4 Å². The van der Waals surface area contributed by atoms with Gasteiger partial charge in [-0.05, 0) is 56.0 Å². The summed E-state index contributed by atoms with van der Waals surface area (Å²) in [6.07, 6.45) is 1.70. The predicted molar refractivity (Wildman–Crippen MR) is 112 cm³/mol. The standard InChI is InChI=1S/C22H27N3O3/c1-14-7-8-18(15(2)10-14)6-5-9-23-22(28)19-11-20(24-16(3)26)13-21(12-19)25-17(4)27/h7-8,10-13H,5-6,9H2,1-4H3,(H,23,28)(H,24,26)(H,25,27). The molecule has 0 aromatic heterocycles. The minimum Gasteiger partial charge on any atom is -0.352 e. The molecule has 28 heavy (non-hydrogen) atoms. The van der Waals surface area contributed by atoms with E-state index < -0.39 is 0 Å². The van der Waals surface area contributed by atoms with Crippen LogP contribution in [-0.2, 0) is 16.0 Å². The Morgan fingerprint density at radius 3 is 2.00 bits per heavy atom. The van der Waals surface area contributed by atoms with Crippen molar-refractivity contribution in [3.63, 3.8) is 0 Å². The number of hydrogen-bond donors (Lipinski definition) is 3. The lowest BCUT2D eigenvalue weighted by molar-refractivity contribution is -0.115. The van der Waals surface area contributed by atoms with Gasteiger partial charge in [0.2, 0.25) is 11.8 Å². The van der Waals surface area contributed by atoms with Crippen molar-refractivity contribution in [2.75, 3.05) is 17.2 Å². The summed E-state index contributed by atoms with van der Waals surface area (Å²) in [5.41, 5.74) is 5.07. The van der Waals surface area contributed by atoms with Crippen molar-refractivity contribution < 1.29 is 14.4 Å². The van der Waals surface area contributed by atoms with E-state index in [1.165, 1.54) is 30.5 Å². The predicted octanol–water partition coefficient (Wildman–Crippen LogP) is 3.58. The Kier molecular flexibility index (Phi) is 7.32. The second-order valence-corrected chi connectivity index (χ2v) is 6.95. The first-order valence-corrected chi connectivity index (χ1v) is 9.29. The van der Waals surface area contributed by atoms with Crippen LogP contribution in [0.15, 0.2) is 36.4 Å². The molecule has 2 aromatic rings. The van der Waals surface area contributed by atoms with Crippen LogP contribution in [0.25, 0.3) is 0 Å². The number of aryl methyl sites for hydroxylation is 3. The van der Waals surface area contributed by atoms with Gasteiger partial charge in [0.15, 0.2) is 0 Å². The molecule has 0 spiro atoms. The molecular weight excluding hydrogens is 354 g/mol. The summed E-state index contributed by atoms with van der Waals surface area (Å²) < 4.78 is 0. The highest BCUT2D eigenvalue weighted by Gasteiger charge is 2.10. The van der Waals surface area contributed by atoms with Crippen LogP contribution in [0.5, 0.6) is 0 Å². The molecule has 0 saturated carbocycles. The number of carbonyl (C=O) groups excluding carboxylic acids is 3. The smallest absolute Gasteiger partial charge is 0.251 e. The fraction of sp³-hybridized carbons (Fsp3) is 0.318. The molecule has 2 aromatic carbocycles. The normalized spacial score (nSPS) is 10.3. The third kappa shape index (κ3) is 6.54. The van der Waals surface area contributed by atoms with Crippen molar-refractivity contribution in [3.8, 4) is 0 Å². The molecule has 0 unspecified atom stereocenters. The van der Waals surface area contributed by atoms with Gasteiger partial charge in [0.05, 0.1) is 0 Å². The highest BCUT2D eigenvalue weighted by atomic mass is 16.2. The first kappa shape index (κ1) is 21.2. The molecule has 6 heteroatoms. The van der Waals surface area contributed by atoms with E-state index in [2.05, 4.69) is 48.0 Å². The molecule has 0 aliphatic rings. The van der Waals surface area contributed by atoms with Gasteiger partial charge in [0.1, 0.15) is 0 Å². The molecule has 0 bridgehead atoms. The SMILES string of the molecule is CC(=O)Nc1cc(NC(C)=O)cc(C(=O)NCCCc2ccc(C)cc2C)c1. The molecule has 6 nitrogen and oxygen atoms in total. The minimum absolute atomic E-state index is 0.250. The quantitative estimate of drug-likeness (QED) is 0.641. The van der Waals surface area contributed by atoms with Crippen molar-refractivity contribution in [2.45, 2.75) is 40.5 Å². The summed E-state index contributed by atoms with van der Waals surface area (Å²) in [5, 5.41) is 8.18. The first-order chi connectivity index (χ1) is 13.2. The summed E-state index contributed by atoms with van der Waals surface area (Å²) >= 11 is 0.